The second kappa shape index (κ2) is 5.49. The summed E-state index contributed by atoms with van der Waals surface area (Å²) in [5, 5.41) is 6.96. The molecule has 1 N–H and O–H groups in total. The number of nitrogens with zero attached hydrogens (tertiary/aromatic N) is 4. The summed E-state index contributed by atoms with van der Waals surface area (Å²) in [5.41, 5.74) is 1.54. The maximum absolute atomic E-state index is 12.2. The van der Waals surface area contributed by atoms with Gasteiger partial charge in [0.2, 0.25) is 0 Å². The van der Waals surface area contributed by atoms with Crippen molar-refractivity contribution in [2.75, 3.05) is 11.9 Å². The largest absolute Gasteiger partial charge is 0.367 e. The van der Waals surface area contributed by atoms with Gasteiger partial charge in [0, 0.05) is 25.2 Å². The van der Waals surface area contributed by atoms with Gasteiger partial charge in [-0.05, 0) is 11.5 Å². The fourth-order valence-electron chi connectivity index (χ4n) is 3.00. The van der Waals surface area contributed by atoms with Gasteiger partial charge < -0.3 is 9.88 Å². The second-order valence-corrected chi connectivity index (χ2v) is 5.87. The molecule has 6 heteroatoms. The predicted molar refractivity (Wildman–Crippen MR) is 95.2 cm³/mol. The molecule has 6 nitrogen and oxygen atoms in total. The zero-order valence-corrected chi connectivity index (χ0v) is 13.5. The molecule has 0 aliphatic carbocycles. The summed E-state index contributed by atoms with van der Waals surface area (Å²) < 4.78 is 1.62. The maximum Gasteiger partial charge on any atom is 0.262 e. The number of rotatable bonds is 3. The van der Waals surface area contributed by atoms with Crippen molar-refractivity contribution in [2.45, 2.75) is 6.54 Å². The number of aryl methyl sites for hydroxylation is 1. The molecule has 2 aromatic heterocycles. The fourth-order valence-corrected chi connectivity index (χ4v) is 3.00. The lowest BCUT2D eigenvalue weighted by Crippen LogP contribution is -2.21. The maximum atomic E-state index is 12.2. The van der Waals surface area contributed by atoms with Gasteiger partial charge in [0.1, 0.15) is 11.2 Å². The van der Waals surface area contributed by atoms with E-state index in [-0.39, 0.29) is 5.56 Å². The Morgan fingerprint density at radius 2 is 1.92 bits per heavy atom. The van der Waals surface area contributed by atoms with E-state index in [1.54, 1.807) is 17.9 Å². The highest BCUT2D eigenvalue weighted by Crippen LogP contribution is 2.26. The number of hydrogen-bond donors (Lipinski definition) is 1. The van der Waals surface area contributed by atoms with Crippen molar-refractivity contribution in [3.05, 3.63) is 64.8 Å². The van der Waals surface area contributed by atoms with Crippen molar-refractivity contribution in [1.29, 1.82) is 0 Å². The lowest BCUT2D eigenvalue weighted by molar-refractivity contribution is 0.772. The summed E-state index contributed by atoms with van der Waals surface area (Å²) in [6.45, 7) is 0.504. The highest BCUT2D eigenvalue weighted by Gasteiger charge is 2.11. The van der Waals surface area contributed by atoms with Crippen molar-refractivity contribution in [3.63, 3.8) is 0 Å². The fraction of sp³-hybridized carbons (Fsp3) is 0.167. The number of aromatic amines is 1. The molecule has 0 amide bonds. The van der Waals surface area contributed by atoms with E-state index < -0.39 is 0 Å². The number of benzene rings is 2. The first-order chi connectivity index (χ1) is 11.6. The Morgan fingerprint density at radius 1 is 1.12 bits per heavy atom. The number of anilines is 1. The van der Waals surface area contributed by atoms with E-state index in [1.165, 1.54) is 10.8 Å². The van der Waals surface area contributed by atoms with Gasteiger partial charge in [0.25, 0.3) is 5.56 Å². The zero-order valence-electron chi connectivity index (χ0n) is 13.5. The molecule has 2 aromatic carbocycles. The van der Waals surface area contributed by atoms with Crippen LogP contribution < -0.4 is 10.5 Å². The Labute approximate surface area is 138 Å². The summed E-state index contributed by atoms with van der Waals surface area (Å²) >= 11 is 0. The summed E-state index contributed by atoms with van der Waals surface area (Å²) in [6.07, 6.45) is 1.54. The van der Waals surface area contributed by atoms with Crippen LogP contribution in [0.5, 0.6) is 0 Å². The molecule has 24 heavy (non-hydrogen) atoms. The van der Waals surface area contributed by atoms with E-state index in [4.69, 9.17) is 0 Å². The Kier molecular flexibility index (Phi) is 3.30. The molecule has 0 fully saturated rings. The molecule has 0 spiro atoms. The normalized spacial score (nSPS) is 11.2. The van der Waals surface area contributed by atoms with Gasteiger partial charge >= 0.3 is 0 Å². The number of hydrogen-bond acceptors (Lipinski definition) is 4. The van der Waals surface area contributed by atoms with Crippen LogP contribution in [-0.4, -0.2) is 26.8 Å². The van der Waals surface area contributed by atoms with Crippen molar-refractivity contribution in [3.8, 4) is 0 Å². The highest BCUT2D eigenvalue weighted by molar-refractivity contribution is 5.94. The van der Waals surface area contributed by atoms with Gasteiger partial charge in [-0.25, -0.2) is 4.98 Å². The first kappa shape index (κ1) is 14.4. The Morgan fingerprint density at radius 3 is 2.79 bits per heavy atom. The first-order valence-corrected chi connectivity index (χ1v) is 7.73. The van der Waals surface area contributed by atoms with Crippen molar-refractivity contribution < 1.29 is 0 Å². The molecule has 0 bridgehead atoms. The van der Waals surface area contributed by atoms with Crippen LogP contribution in [0.25, 0.3) is 21.8 Å². The molecule has 0 unspecified atom stereocenters. The van der Waals surface area contributed by atoms with Gasteiger partial charge in [0.05, 0.1) is 12.7 Å². The third-order valence-corrected chi connectivity index (χ3v) is 4.22. The van der Waals surface area contributed by atoms with Crippen molar-refractivity contribution >= 4 is 27.5 Å². The minimum Gasteiger partial charge on any atom is -0.367 e. The van der Waals surface area contributed by atoms with Crippen LogP contribution in [-0.2, 0) is 13.6 Å². The summed E-state index contributed by atoms with van der Waals surface area (Å²) in [5.74, 6) is 0.617. The number of aromatic nitrogens is 4. The molecule has 0 aliphatic rings. The lowest BCUT2D eigenvalue weighted by atomic mass is 10.1. The molecular weight excluding hydrogens is 302 g/mol. The van der Waals surface area contributed by atoms with Gasteiger partial charge in [-0.1, -0.05) is 36.4 Å². The third kappa shape index (κ3) is 2.32. The SMILES string of the molecule is CN(Cc1nc2c(cnn2C)c(=O)[nH]1)c1cccc2ccccc12. The molecule has 4 aromatic rings. The summed E-state index contributed by atoms with van der Waals surface area (Å²) in [6, 6.07) is 14.4. The topological polar surface area (TPSA) is 66.8 Å². The van der Waals surface area contributed by atoms with Crippen LogP contribution in [0, 0.1) is 0 Å². The van der Waals surface area contributed by atoms with E-state index in [1.807, 2.05) is 25.2 Å². The Bertz CT molecular complexity index is 1090. The van der Waals surface area contributed by atoms with E-state index in [0.29, 0.717) is 23.4 Å². The van der Waals surface area contributed by atoms with Crippen molar-refractivity contribution in [2.24, 2.45) is 7.05 Å². The van der Waals surface area contributed by atoms with Gasteiger partial charge in [-0.2, -0.15) is 5.10 Å². The molecule has 0 aliphatic heterocycles. The molecule has 0 saturated heterocycles. The van der Waals surface area contributed by atoms with Crippen LogP contribution in [0.2, 0.25) is 0 Å². The molecule has 120 valence electrons. The minimum atomic E-state index is -0.158. The molecule has 2 heterocycles. The second-order valence-electron chi connectivity index (χ2n) is 5.87. The molecule has 0 saturated carbocycles. The van der Waals surface area contributed by atoms with Crippen LogP contribution in [0.3, 0.4) is 0 Å². The molecule has 0 atom stereocenters. The standard InChI is InChI=1S/C18H17N5O/c1-22(15-9-5-7-12-6-3-4-8-13(12)15)11-16-20-17-14(18(24)21-16)10-19-23(17)2/h3-10H,11H2,1-2H3,(H,20,21,24). The molecule has 0 radical (unpaired) electrons. The molecular formula is C18H17N5O. The number of fused-ring (bicyclic) bond motifs is 2. The van der Waals surface area contributed by atoms with Crippen LogP contribution >= 0.6 is 0 Å². The lowest BCUT2D eigenvalue weighted by Gasteiger charge is -2.20. The monoisotopic (exact) mass is 319 g/mol. The summed E-state index contributed by atoms with van der Waals surface area (Å²) in [4.78, 5) is 21.7. The van der Waals surface area contributed by atoms with E-state index in [9.17, 15) is 4.79 Å². The number of nitrogens with one attached hydrogen (secondary N) is 1. The predicted octanol–water partition coefficient (Wildman–Crippen LogP) is 2.45. The quantitative estimate of drug-likeness (QED) is 0.630. The van der Waals surface area contributed by atoms with E-state index >= 15 is 0 Å². The van der Waals surface area contributed by atoms with Crippen LogP contribution in [0.4, 0.5) is 5.69 Å². The average Bonchev–Trinajstić information content (AvgIpc) is 2.96. The number of H-pyrrole nitrogens is 1. The Balaban J connectivity index is 1.74. The zero-order chi connectivity index (χ0) is 16.7. The highest BCUT2D eigenvalue weighted by atomic mass is 16.1. The van der Waals surface area contributed by atoms with Crippen molar-refractivity contribution in [1.82, 2.24) is 19.7 Å². The van der Waals surface area contributed by atoms with Gasteiger partial charge in [-0.3, -0.25) is 9.48 Å². The molecule has 4 rings (SSSR count). The van der Waals surface area contributed by atoms with Crippen LogP contribution in [0.1, 0.15) is 5.82 Å². The van der Waals surface area contributed by atoms with Crippen LogP contribution in [0.15, 0.2) is 53.5 Å². The van der Waals surface area contributed by atoms with Gasteiger partial charge in [0.15, 0.2) is 5.65 Å². The minimum absolute atomic E-state index is 0.158. The van der Waals surface area contributed by atoms with E-state index in [0.717, 1.165) is 5.69 Å². The smallest absolute Gasteiger partial charge is 0.262 e. The average molecular weight is 319 g/mol. The third-order valence-electron chi connectivity index (χ3n) is 4.22. The summed E-state index contributed by atoms with van der Waals surface area (Å²) in [7, 11) is 3.78. The van der Waals surface area contributed by atoms with E-state index in [2.05, 4.69) is 44.2 Å². The first-order valence-electron chi connectivity index (χ1n) is 7.73. The Hall–Kier alpha value is -3.15. The van der Waals surface area contributed by atoms with Gasteiger partial charge in [-0.15, -0.1) is 0 Å².